The number of nitrogens with two attached hydrogens (primary N) is 1. The maximum Gasteiger partial charge on any atom is 0.307 e. The molecule has 0 atom stereocenters. The fourth-order valence-corrected chi connectivity index (χ4v) is 0.922. The monoisotopic (exact) mass is 179 g/mol. The quantitative estimate of drug-likeness (QED) is 0.416. The second-order valence-electron chi connectivity index (χ2n) is 2.45. The van der Waals surface area contributed by atoms with Gasteiger partial charge in [0.25, 0.3) is 0 Å². The van der Waals surface area contributed by atoms with E-state index >= 15 is 0 Å². The van der Waals surface area contributed by atoms with Crippen LogP contribution in [-0.4, -0.2) is 11.1 Å². The molecule has 1 aromatic carbocycles. The molecule has 5 nitrogen and oxygen atoms in total. The second kappa shape index (κ2) is 4.20. The number of aliphatic carboxylic acids is 1. The largest absolute Gasteiger partial charge is 0.481 e. The van der Waals surface area contributed by atoms with E-state index < -0.39 is 5.97 Å². The molecule has 0 fully saturated rings. The summed E-state index contributed by atoms with van der Waals surface area (Å²) in [6.45, 7) is 0. The lowest BCUT2D eigenvalue weighted by Gasteiger charge is -1.96. The van der Waals surface area contributed by atoms with Gasteiger partial charge in [0.1, 0.15) is 0 Å². The first-order valence-electron chi connectivity index (χ1n) is 3.64. The maximum absolute atomic E-state index is 10.3. The van der Waals surface area contributed by atoms with Crippen LogP contribution in [0.25, 0.3) is 0 Å². The standard InChI is InChI=1S/C8H9N3O2/c9-11-10-7-3-1-6(2-4-7)5-8(12)13/h1-4H,5H2,(H2,9,10)(H,12,13). The molecule has 0 saturated heterocycles. The highest BCUT2D eigenvalue weighted by molar-refractivity contribution is 5.70. The number of nitrogens with zero attached hydrogens (tertiary/aromatic N) is 2. The number of carbonyl (C=O) groups is 1. The number of benzene rings is 1. The van der Waals surface area contributed by atoms with Crippen molar-refractivity contribution in [3.05, 3.63) is 29.8 Å². The van der Waals surface area contributed by atoms with Gasteiger partial charge in [0.15, 0.2) is 0 Å². The van der Waals surface area contributed by atoms with Gasteiger partial charge < -0.3 is 10.9 Å². The fourth-order valence-electron chi connectivity index (χ4n) is 0.922. The molecule has 0 radical (unpaired) electrons. The van der Waals surface area contributed by atoms with E-state index in [0.717, 1.165) is 5.56 Å². The molecule has 13 heavy (non-hydrogen) atoms. The van der Waals surface area contributed by atoms with E-state index in [2.05, 4.69) is 10.3 Å². The van der Waals surface area contributed by atoms with Gasteiger partial charge in [-0.05, 0) is 17.7 Å². The van der Waals surface area contributed by atoms with Crippen LogP contribution >= 0.6 is 0 Å². The van der Waals surface area contributed by atoms with Gasteiger partial charge in [-0.15, -0.1) is 5.11 Å². The number of rotatable bonds is 3. The Bertz CT molecular complexity index is 319. The van der Waals surface area contributed by atoms with E-state index in [-0.39, 0.29) is 6.42 Å². The third kappa shape index (κ3) is 2.90. The van der Waals surface area contributed by atoms with E-state index in [1.54, 1.807) is 24.3 Å². The molecule has 0 spiro atoms. The molecule has 0 saturated carbocycles. The number of hydrogen-bond donors (Lipinski definition) is 2. The van der Waals surface area contributed by atoms with Gasteiger partial charge in [-0.2, -0.15) is 0 Å². The van der Waals surface area contributed by atoms with Crippen molar-refractivity contribution in [3.8, 4) is 0 Å². The Morgan fingerprint density at radius 1 is 1.38 bits per heavy atom. The van der Waals surface area contributed by atoms with Crippen LogP contribution in [0.3, 0.4) is 0 Å². The molecule has 0 aliphatic heterocycles. The Morgan fingerprint density at radius 2 is 2.00 bits per heavy atom. The molecule has 0 bridgehead atoms. The topological polar surface area (TPSA) is 88.0 Å². The molecular weight excluding hydrogens is 170 g/mol. The Kier molecular flexibility index (Phi) is 2.97. The summed E-state index contributed by atoms with van der Waals surface area (Å²) in [6.07, 6.45) is 0.0139. The van der Waals surface area contributed by atoms with E-state index in [4.69, 9.17) is 10.9 Å². The first kappa shape index (κ1) is 9.18. The summed E-state index contributed by atoms with van der Waals surface area (Å²) in [5, 5.41) is 15.2. The van der Waals surface area contributed by atoms with Crippen molar-refractivity contribution in [2.24, 2.45) is 16.2 Å². The van der Waals surface area contributed by atoms with Crippen LogP contribution in [0.4, 0.5) is 5.69 Å². The summed E-state index contributed by atoms with van der Waals surface area (Å²) in [7, 11) is 0. The van der Waals surface area contributed by atoms with Crippen molar-refractivity contribution in [2.75, 3.05) is 0 Å². The zero-order chi connectivity index (χ0) is 9.68. The number of carboxylic acid groups (broad SMARTS) is 1. The summed E-state index contributed by atoms with van der Waals surface area (Å²) in [5.41, 5.74) is 1.33. The lowest BCUT2D eigenvalue weighted by Crippen LogP contribution is -1.99. The van der Waals surface area contributed by atoms with E-state index in [1.807, 2.05) is 0 Å². The minimum absolute atomic E-state index is 0.0139. The molecule has 0 heterocycles. The fraction of sp³-hybridized carbons (Fsp3) is 0.125. The average molecular weight is 179 g/mol. The highest BCUT2D eigenvalue weighted by Gasteiger charge is 1.99. The van der Waals surface area contributed by atoms with Crippen molar-refractivity contribution in [1.82, 2.24) is 0 Å². The van der Waals surface area contributed by atoms with Crippen LogP contribution in [0, 0.1) is 0 Å². The van der Waals surface area contributed by atoms with Crippen molar-refractivity contribution >= 4 is 11.7 Å². The normalized spacial score (nSPS) is 10.5. The van der Waals surface area contributed by atoms with Crippen LogP contribution in [-0.2, 0) is 11.2 Å². The third-order valence-electron chi connectivity index (χ3n) is 1.46. The molecule has 0 aromatic heterocycles. The molecule has 0 amide bonds. The summed E-state index contributed by atoms with van der Waals surface area (Å²) in [4.78, 5) is 10.3. The van der Waals surface area contributed by atoms with Crippen LogP contribution in [0.15, 0.2) is 34.6 Å². The molecule has 3 N–H and O–H groups in total. The Balaban J connectivity index is 2.75. The molecule has 1 aromatic rings. The predicted molar refractivity (Wildman–Crippen MR) is 46.5 cm³/mol. The Hall–Kier alpha value is -1.91. The zero-order valence-corrected chi connectivity index (χ0v) is 6.84. The summed E-state index contributed by atoms with van der Waals surface area (Å²) < 4.78 is 0. The average Bonchev–Trinajstić information content (AvgIpc) is 2.08. The van der Waals surface area contributed by atoms with E-state index in [1.165, 1.54) is 0 Å². The lowest BCUT2D eigenvalue weighted by atomic mass is 10.1. The SMILES string of the molecule is NN=Nc1ccc(CC(=O)O)cc1. The summed E-state index contributed by atoms with van der Waals surface area (Å²) >= 11 is 0. The Morgan fingerprint density at radius 3 is 2.46 bits per heavy atom. The Labute approximate surface area is 74.9 Å². The molecular formula is C8H9N3O2. The minimum atomic E-state index is -0.854. The van der Waals surface area contributed by atoms with Gasteiger partial charge in [0.05, 0.1) is 12.1 Å². The van der Waals surface area contributed by atoms with Crippen LogP contribution in [0.2, 0.25) is 0 Å². The third-order valence-corrected chi connectivity index (χ3v) is 1.46. The molecule has 0 unspecified atom stereocenters. The minimum Gasteiger partial charge on any atom is -0.481 e. The first-order valence-corrected chi connectivity index (χ1v) is 3.64. The van der Waals surface area contributed by atoms with Crippen LogP contribution in [0.5, 0.6) is 0 Å². The van der Waals surface area contributed by atoms with E-state index in [9.17, 15) is 4.79 Å². The smallest absolute Gasteiger partial charge is 0.307 e. The molecule has 5 heteroatoms. The number of hydrogen-bond acceptors (Lipinski definition) is 3. The predicted octanol–water partition coefficient (Wildman–Crippen LogP) is 1.27. The van der Waals surface area contributed by atoms with Gasteiger partial charge >= 0.3 is 5.97 Å². The van der Waals surface area contributed by atoms with E-state index in [0.29, 0.717) is 5.69 Å². The van der Waals surface area contributed by atoms with Gasteiger partial charge in [0, 0.05) is 0 Å². The molecule has 0 aliphatic carbocycles. The van der Waals surface area contributed by atoms with Gasteiger partial charge in [-0.25, -0.2) is 0 Å². The van der Waals surface area contributed by atoms with Crippen molar-refractivity contribution in [2.45, 2.75) is 6.42 Å². The first-order chi connectivity index (χ1) is 6.22. The van der Waals surface area contributed by atoms with Crippen molar-refractivity contribution in [3.63, 3.8) is 0 Å². The summed E-state index contributed by atoms with van der Waals surface area (Å²) in [5.74, 6) is 3.99. The van der Waals surface area contributed by atoms with Gasteiger partial charge in [-0.3, -0.25) is 4.79 Å². The van der Waals surface area contributed by atoms with Gasteiger partial charge in [0.2, 0.25) is 0 Å². The maximum atomic E-state index is 10.3. The highest BCUT2D eigenvalue weighted by atomic mass is 16.4. The molecule has 68 valence electrons. The van der Waals surface area contributed by atoms with Gasteiger partial charge in [-0.1, -0.05) is 17.4 Å². The number of carboxylic acids is 1. The second-order valence-corrected chi connectivity index (χ2v) is 2.45. The highest BCUT2D eigenvalue weighted by Crippen LogP contribution is 2.13. The zero-order valence-electron chi connectivity index (χ0n) is 6.84. The van der Waals surface area contributed by atoms with Crippen LogP contribution < -0.4 is 5.84 Å². The van der Waals surface area contributed by atoms with Crippen LogP contribution in [0.1, 0.15) is 5.56 Å². The molecule has 1 rings (SSSR count). The summed E-state index contributed by atoms with van der Waals surface area (Å²) in [6, 6.07) is 6.68. The molecule has 0 aliphatic rings. The van der Waals surface area contributed by atoms with Crippen molar-refractivity contribution in [1.29, 1.82) is 0 Å². The van der Waals surface area contributed by atoms with Crippen molar-refractivity contribution < 1.29 is 9.90 Å². The lowest BCUT2D eigenvalue weighted by molar-refractivity contribution is -0.136.